The van der Waals surface area contributed by atoms with Crippen LogP contribution in [0.25, 0.3) is 0 Å². The Kier molecular flexibility index (Phi) is 5.32. The fourth-order valence-corrected chi connectivity index (χ4v) is 3.23. The molecule has 1 aromatic heterocycles. The van der Waals surface area contributed by atoms with Gasteiger partial charge in [-0.2, -0.15) is 13.2 Å². The van der Waals surface area contributed by atoms with E-state index in [9.17, 15) is 31.1 Å². The number of hydrogen-bond acceptors (Lipinski definition) is 4. The van der Waals surface area contributed by atoms with Crippen molar-refractivity contribution < 1.29 is 31.1 Å². The molecule has 12 heteroatoms. The predicted molar refractivity (Wildman–Crippen MR) is 87.7 cm³/mol. The number of amides is 1. The lowest BCUT2D eigenvalue weighted by atomic mass is 9.89. The van der Waals surface area contributed by atoms with Gasteiger partial charge in [0.2, 0.25) is 11.7 Å². The number of fused-ring (bicyclic) bond motifs is 1. The van der Waals surface area contributed by atoms with Crippen LogP contribution in [0.4, 0.5) is 26.3 Å². The minimum atomic E-state index is -4.65. The van der Waals surface area contributed by atoms with Gasteiger partial charge < -0.3 is 15.2 Å². The molecule has 2 heterocycles. The molecule has 6 nitrogen and oxygen atoms in total. The molecular weight excluding hydrogens is 404 g/mol. The fraction of sp³-hybridized carbons (Fsp3) is 0.471. The first-order valence-electron chi connectivity index (χ1n) is 8.57. The molecule has 0 unspecified atom stereocenters. The fourth-order valence-electron chi connectivity index (χ4n) is 3.23. The summed E-state index contributed by atoms with van der Waals surface area (Å²) in [4.78, 5) is 13.8. The topological polar surface area (TPSA) is 77.0 Å². The van der Waals surface area contributed by atoms with Crippen molar-refractivity contribution in [1.29, 1.82) is 0 Å². The third-order valence-electron chi connectivity index (χ3n) is 4.60. The van der Waals surface area contributed by atoms with Crippen molar-refractivity contribution >= 4 is 5.91 Å². The van der Waals surface area contributed by atoms with E-state index < -0.39 is 40.9 Å². The number of nitrogens with two attached hydrogens (primary N) is 1. The van der Waals surface area contributed by atoms with Crippen LogP contribution in [0.15, 0.2) is 12.1 Å². The van der Waals surface area contributed by atoms with Crippen LogP contribution in [0.5, 0.6) is 0 Å². The lowest BCUT2D eigenvalue weighted by molar-refractivity contribution is -0.148. The summed E-state index contributed by atoms with van der Waals surface area (Å²) in [6.45, 7) is 1.11. The highest BCUT2D eigenvalue weighted by molar-refractivity contribution is 5.77. The Morgan fingerprint density at radius 1 is 1.10 bits per heavy atom. The maximum absolute atomic E-state index is 13.8. The van der Waals surface area contributed by atoms with Gasteiger partial charge in [0.05, 0.1) is 6.54 Å². The number of nitrogens with zero attached hydrogens (tertiary/aromatic N) is 4. The number of rotatable bonds is 4. The zero-order chi connectivity index (χ0) is 21.6. The molecular formula is C17H17F6N5O. The van der Waals surface area contributed by atoms with Crippen LogP contribution in [0.3, 0.4) is 0 Å². The molecule has 0 fully saturated rings. The van der Waals surface area contributed by atoms with E-state index in [2.05, 4.69) is 10.2 Å². The maximum atomic E-state index is 13.8. The summed E-state index contributed by atoms with van der Waals surface area (Å²) in [6.07, 6.45) is -5.18. The molecule has 3 rings (SSSR count). The standard InChI is InChI=1S/C17H17F6N5O/c1-16(24,6-9-4-11(19)12(20)5-10(9)18)7-14(29)27-2-3-28-13(8-27)25-26-15(28)17(21,22)23/h4-5H,2-3,6-8,24H2,1H3/t16-/m1/s1. The quantitative estimate of drug-likeness (QED) is 0.608. The van der Waals surface area contributed by atoms with Crippen molar-refractivity contribution in [2.45, 2.75) is 44.6 Å². The summed E-state index contributed by atoms with van der Waals surface area (Å²) in [7, 11) is 0. The van der Waals surface area contributed by atoms with Crippen molar-refractivity contribution in [3.8, 4) is 0 Å². The molecule has 0 aliphatic carbocycles. The molecule has 0 saturated heterocycles. The summed E-state index contributed by atoms with van der Waals surface area (Å²) in [5.74, 6) is -5.19. The first-order valence-corrected chi connectivity index (χ1v) is 8.57. The minimum absolute atomic E-state index is 0.0113. The highest BCUT2D eigenvalue weighted by atomic mass is 19.4. The monoisotopic (exact) mass is 421 g/mol. The number of aromatic nitrogens is 3. The summed E-state index contributed by atoms with van der Waals surface area (Å²) in [5, 5.41) is 6.63. The lowest BCUT2D eigenvalue weighted by Crippen LogP contribution is -2.47. The number of alkyl halides is 3. The average molecular weight is 421 g/mol. The van der Waals surface area contributed by atoms with E-state index in [0.29, 0.717) is 12.1 Å². The molecule has 1 amide bonds. The van der Waals surface area contributed by atoms with Gasteiger partial charge in [-0.3, -0.25) is 4.79 Å². The van der Waals surface area contributed by atoms with Crippen molar-refractivity contribution in [3.63, 3.8) is 0 Å². The third kappa shape index (κ3) is 4.52. The largest absolute Gasteiger partial charge is 0.451 e. The minimum Gasteiger partial charge on any atom is -0.333 e. The van der Waals surface area contributed by atoms with E-state index >= 15 is 0 Å². The summed E-state index contributed by atoms with van der Waals surface area (Å²) >= 11 is 0. The molecule has 2 N–H and O–H groups in total. The van der Waals surface area contributed by atoms with Crippen molar-refractivity contribution in [1.82, 2.24) is 19.7 Å². The van der Waals surface area contributed by atoms with Gasteiger partial charge in [0.25, 0.3) is 0 Å². The summed E-state index contributed by atoms with van der Waals surface area (Å²) < 4.78 is 79.8. The predicted octanol–water partition coefficient (Wildman–Crippen LogP) is 2.41. The number of benzene rings is 1. The van der Waals surface area contributed by atoms with Crippen LogP contribution in [-0.2, 0) is 30.5 Å². The molecule has 0 saturated carbocycles. The SMILES string of the molecule is C[C@](N)(CC(=O)N1CCn2c(nnc2C(F)(F)F)C1)Cc1cc(F)c(F)cc1F. The van der Waals surface area contributed by atoms with E-state index in [1.807, 2.05) is 0 Å². The first kappa shape index (κ1) is 21.1. The van der Waals surface area contributed by atoms with Gasteiger partial charge in [0.15, 0.2) is 17.5 Å². The second-order valence-electron chi connectivity index (χ2n) is 7.27. The van der Waals surface area contributed by atoms with Gasteiger partial charge in [-0.25, -0.2) is 13.2 Å². The smallest absolute Gasteiger partial charge is 0.333 e. The molecule has 1 aromatic carbocycles. The Hall–Kier alpha value is -2.63. The molecule has 1 aliphatic rings. The van der Waals surface area contributed by atoms with E-state index in [4.69, 9.17) is 5.73 Å². The van der Waals surface area contributed by atoms with Crippen LogP contribution < -0.4 is 5.73 Å². The molecule has 29 heavy (non-hydrogen) atoms. The van der Waals surface area contributed by atoms with Gasteiger partial charge in [-0.1, -0.05) is 0 Å². The number of hydrogen-bond donors (Lipinski definition) is 1. The normalized spacial score (nSPS) is 16.5. The van der Waals surface area contributed by atoms with E-state index in [1.54, 1.807) is 0 Å². The van der Waals surface area contributed by atoms with Gasteiger partial charge >= 0.3 is 6.18 Å². The first-order chi connectivity index (χ1) is 13.4. The number of halogens is 6. The molecule has 2 aromatic rings. The Labute approximate surface area is 161 Å². The molecule has 0 spiro atoms. The number of carbonyl (C=O) groups is 1. The molecule has 0 radical (unpaired) electrons. The van der Waals surface area contributed by atoms with Crippen LogP contribution in [0, 0.1) is 17.5 Å². The van der Waals surface area contributed by atoms with Gasteiger partial charge in [-0.05, 0) is 25.0 Å². The Balaban J connectivity index is 1.69. The lowest BCUT2D eigenvalue weighted by Gasteiger charge is -2.32. The Morgan fingerprint density at radius 2 is 1.76 bits per heavy atom. The van der Waals surface area contributed by atoms with E-state index in [0.717, 1.165) is 4.57 Å². The molecule has 1 aliphatic heterocycles. The zero-order valence-corrected chi connectivity index (χ0v) is 15.2. The second-order valence-corrected chi connectivity index (χ2v) is 7.27. The average Bonchev–Trinajstić information content (AvgIpc) is 3.02. The van der Waals surface area contributed by atoms with E-state index in [1.165, 1.54) is 11.8 Å². The van der Waals surface area contributed by atoms with Crippen molar-refractivity contribution in [2.24, 2.45) is 5.73 Å². The van der Waals surface area contributed by atoms with E-state index in [-0.39, 0.29) is 43.9 Å². The summed E-state index contributed by atoms with van der Waals surface area (Å²) in [5.41, 5.74) is 4.57. The van der Waals surface area contributed by atoms with Gasteiger partial charge in [-0.15, -0.1) is 10.2 Å². The second kappa shape index (κ2) is 7.32. The van der Waals surface area contributed by atoms with Crippen molar-refractivity contribution in [2.75, 3.05) is 6.54 Å². The zero-order valence-electron chi connectivity index (χ0n) is 15.2. The highest BCUT2D eigenvalue weighted by Gasteiger charge is 2.40. The van der Waals surface area contributed by atoms with Crippen LogP contribution in [0.2, 0.25) is 0 Å². The van der Waals surface area contributed by atoms with Gasteiger partial charge in [0, 0.05) is 31.1 Å². The Bertz CT molecular complexity index is 939. The molecule has 1 atom stereocenters. The Morgan fingerprint density at radius 3 is 2.41 bits per heavy atom. The maximum Gasteiger partial charge on any atom is 0.451 e. The molecule has 0 bridgehead atoms. The highest BCUT2D eigenvalue weighted by Crippen LogP contribution is 2.30. The van der Waals surface area contributed by atoms with Crippen LogP contribution in [-0.4, -0.2) is 37.7 Å². The van der Waals surface area contributed by atoms with Crippen molar-refractivity contribution in [3.05, 3.63) is 46.8 Å². The van der Waals surface area contributed by atoms with Crippen LogP contribution in [0.1, 0.15) is 30.6 Å². The number of carbonyl (C=O) groups excluding carboxylic acids is 1. The van der Waals surface area contributed by atoms with Crippen LogP contribution >= 0.6 is 0 Å². The summed E-state index contributed by atoms with van der Waals surface area (Å²) in [6, 6.07) is 1.08. The third-order valence-corrected chi connectivity index (χ3v) is 4.60. The van der Waals surface area contributed by atoms with Gasteiger partial charge in [0.1, 0.15) is 5.82 Å². The molecule has 158 valence electrons.